The second-order valence-electron chi connectivity index (χ2n) is 9.65. The summed E-state index contributed by atoms with van der Waals surface area (Å²) in [4.78, 5) is 40.3. The number of nitrogens with zero attached hydrogens (tertiary/aromatic N) is 4. The zero-order valence-corrected chi connectivity index (χ0v) is 23.3. The summed E-state index contributed by atoms with van der Waals surface area (Å²) in [5.74, 6) is -0.254. The van der Waals surface area contributed by atoms with E-state index in [4.69, 9.17) is 9.97 Å². The number of amides is 2. The molecule has 0 spiro atoms. The standard InChI is InChI=1S/C32H28N6O2S/c1-2-28(31(40)35-20-22-11-8-16-33-18-22)41-32-37-26-17-23(30(39)34-19-21-9-4-3-5-10-21)14-15-24(26)29-36-25-12-6-7-13-27(25)38(29)32/h3-18,28H,2,19-20H2,1H3,(H,34,39)(H,35,40). The van der Waals surface area contributed by atoms with Crippen molar-refractivity contribution in [2.45, 2.75) is 36.8 Å². The summed E-state index contributed by atoms with van der Waals surface area (Å²) in [6.45, 7) is 2.82. The fourth-order valence-electron chi connectivity index (χ4n) is 4.72. The first kappa shape index (κ1) is 26.5. The Morgan fingerprint density at radius 3 is 2.44 bits per heavy atom. The average Bonchev–Trinajstić information content (AvgIpc) is 3.42. The van der Waals surface area contributed by atoms with Gasteiger partial charge in [0.1, 0.15) is 5.65 Å². The van der Waals surface area contributed by atoms with Crippen LogP contribution in [-0.2, 0) is 17.9 Å². The van der Waals surface area contributed by atoms with Crippen molar-refractivity contribution in [2.24, 2.45) is 0 Å². The van der Waals surface area contributed by atoms with E-state index in [1.807, 2.05) is 84.1 Å². The summed E-state index contributed by atoms with van der Waals surface area (Å²) >= 11 is 1.40. The Morgan fingerprint density at radius 1 is 0.854 bits per heavy atom. The van der Waals surface area contributed by atoms with Gasteiger partial charge in [-0.1, -0.05) is 67.2 Å². The number of thioether (sulfide) groups is 1. The molecular formula is C32H28N6O2S. The van der Waals surface area contributed by atoms with Crippen molar-refractivity contribution >= 4 is 51.2 Å². The summed E-state index contributed by atoms with van der Waals surface area (Å²) in [6.07, 6.45) is 4.06. The SMILES string of the molecule is CCC(Sc1nc2cc(C(=O)NCc3ccccc3)ccc2c2nc3ccccc3n12)C(=O)NCc1cccnc1. The zero-order valence-electron chi connectivity index (χ0n) is 22.4. The Kier molecular flexibility index (Phi) is 7.60. The molecule has 2 N–H and O–H groups in total. The zero-order chi connectivity index (χ0) is 28.2. The highest BCUT2D eigenvalue weighted by Crippen LogP contribution is 2.32. The quantitative estimate of drug-likeness (QED) is 0.178. The number of hydrogen-bond acceptors (Lipinski definition) is 6. The normalized spacial score (nSPS) is 12.0. The Morgan fingerprint density at radius 2 is 1.63 bits per heavy atom. The number of hydrogen-bond donors (Lipinski definition) is 2. The Balaban J connectivity index is 1.34. The number of pyridine rings is 1. The van der Waals surface area contributed by atoms with Crippen LogP contribution in [-0.4, -0.2) is 36.4 Å². The summed E-state index contributed by atoms with van der Waals surface area (Å²) in [7, 11) is 0. The van der Waals surface area contributed by atoms with Gasteiger partial charge in [0, 0.05) is 36.4 Å². The van der Waals surface area contributed by atoms with Crippen molar-refractivity contribution in [3.8, 4) is 0 Å². The highest BCUT2D eigenvalue weighted by atomic mass is 32.2. The van der Waals surface area contributed by atoms with Gasteiger partial charge in [0.25, 0.3) is 5.91 Å². The number of para-hydroxylation sites is 2. The van der Waals surface area contributed by atoms with E-state index >= 15 is 0 Å². The molecular weight excluding hydrogens is 532 g/mol. The van der Waals surface area contributed by atoms with E-state index in [2.05, 4.69) is 15.6 Å². The number of carbonyl (C=O) groups excluding carboxylic acids is 2. The van der Waals surface area contributed by atoms with Crippen LogP contribution in [0.15, 0.2) is 102 Å². The lowest BCUT2D eigenvalue weighted by molar-refractivity contribution is -0.120. The van der Waals surface area contributed by atoms with E-state index in [1.165, 1.54) is 11.8 Å². The molecule has 3 aromatic heterocycles. The minimum absolute atomic E-state index is 0.0742. The molecule has 0 bridgehead atoms. The summed E-state index contributed by atoms with van der Waals surface area (Å²) in [5, 5.41) is 7.12. The molecule has 8 nitrogen and oxygen atoms in total. The van der Waals surface area contributed by atoms with Gasteiger partial charge in [-0.3, -0.25) is 19.0 Å². The van der Waals surface area contributed by atoms with Gasteiger partial charge in [0.2, 0.25) is 5.91 Å². The molecule has 2 amide bonds. The van der Waals surface area contributed by atoms with Crippen molar-refractivity contribution in [3.63, 3.8) is 0 Å². The van der Waals surface area contributed by atoms with Crippen LogP contribution in [0.1, 0.15) is 34.8 Å². The first-order valence-electron chi connectivity index (χ1n) is 13.5. The van der Waals surface area contributed by atoms with Crippen molar-refractivity contribution in [2.75, 3.05) is 0 Å². The summed E-state index contributed by atoms with van der Waals surface area (Å²) < 4.78 is 2.01. The fourth-order valence-corrected chi connectivity index (χ4v) is 5.78. The lowest BCUT2D eigenvalue weighted by Gasteiger charge is -2.16. The smallest absolute Gasteiger partial charge is 0.251 e. The lowest BCUT2D eigenvalue weighted by atomic mass is 10.1. The van der Waals surface area contributed by atoms with Crippen LogP contribution in [0.5, 0.6) is 0 Å². The van der Waals surface area contributed by atoms with Gasteiger partial charge in [-0.25, -0.2) is 9.97 Å². The van der Waals surface area contributed by atoms with Crippen molar-refractivity contribution in [3.05, 3.63) is 114 Å². The molecule has 204 valence electrons. The molecule has 0 saturated carbocycles. The van der Waals surface area contributed by atoms with Gasteiger partial charge in [-0.05, 0) is 53.9 Å². The third kappa shape index (κ3) is 5.62. The highest BCUT2D eigenvalue weighted by molar-refractivity contribution is 8.00. The molecule has 6 aromatic rings. The average molecular weight is 561 g/mol. The van der Waals surface area contributed by atoms with Gasteiger partial charge in [0.05, 0.1) is 21.8 Å². The first-order valence-corrected chi connectivity index (χ1v) is 14.3. The van der Waals surface area contributed by atoms with Crippen LogP contribution < -0.4 is 10.6 Å². The molecule has 0 fully saturated rings. The van der Waals surface area contributed by atoms with Gasteiger partial charge < -0.3 is 10.6 Å². The first-order chi connectivity index (χ1) is 20.1. The number of rotatable bonds is 9. The summed E-state index contributed by atoms with van der Waals surface area (Å²) in [6, 6.07) is 27.0. The van der Waals surface area contributed by atoms with Gasteiger partial charge in [-0.15, -0.1) is 0 Å². The van der Waals surface area contributed by atoms with Crippen LogP contribution in [0.25, 0.3) is 27.6 Å². The van der Waals surface area contributed by atoms with E-state index in [1.54, 1.807) is 24.5 Å². The predicted molar refractivity (Wildman–Crippen MR) is 162 cm³/mol. The molecule has 6 rings (SSSR count). The van der Waals surface area contributed by atoms with Gasteiger partial charge in [-0.2, -0.15) is 0 Å². The number of imidazole rings is 1. The third-order valence-corrected chi connectivity index (χ3v) is 8.18. The molecule has 9 heteroatoms. The van der Waals surface area contributed by atoms with Crippen molar-refractivity contribution in [1.29, 1.82) is 0 Å². The molecule has 1 atom stereocenters. The van der Waals surface area contributed by atoms with Crippen LogP contribution in [0.2, 0.25) is 0 Å². The minimum atomic E-state index is -0.377. The lowest BCUT2D eigenvalue weighted by Crippen LogP contribution is -2.32. The predicted octanol–water partition coefficient (Wildman–Crippen LogP) is 5.55. The second kappa shape index (κ2) is 11.8. The number of benzene rings is 3. The monoisotopic (exact) mass is 560 g/mol. The van der Waals surface area contributed by atoms with Crippen molar-refractivity contribution in [1.82, 2.24) is 30.0 Å². The van der Waals surface area contributed by atoms with Crippen LogP contribution >= 0.6 is 11.8 Å². The van der Waals surface area contributed by atoms with Crippen LogP contribution in [0, 0.1) is 0 Å². The van der Waals surface area contributed by atoms with E-state index in [0.29, 0.717) is 35.7 Å². The van der Waals surface area contributed by atoms with E-state index in [9.17, 15) is 9.59 Å². The van der Waals surface area contributed by atoms with E-state index < -0.39 is 0 Å². The number of aromatic nitrogens is 4. The maximum absolute atomic E-state index is 13.2. The van der Waals surface area contributed by atoms with E-state index in [0.717, 1.165) is 33.2 Å². The van der Waals surface area contributed by atoms with Crippen LogP contribution in [0.4, 0.5) is 0 Å². The fraction of sp³-hybridized carbons (Fsp3) is 0.156. The number of carbonyl (C=O) groups is 2. The van der Waals surface area contributed by atoms with Gasteiger partial charge in [0.15, 0.2) is 5.16 Å². The largest absolute Gasteiger partial charge is 0.351 e. The summed E-state index contributed by atoms with van der Waals surface area (Å²) in [5.41, 5.74) is 5.60. The Bertz CT molecular complexity index is 1860. The maximum Gasteiger partial charge on any atom is 0.251 e. The molecule has 3 heterocycles. The number of fused-ring (bicyclic) bond motifs is 5. The Hall–Kier alpha value is -4.76. The molecule has 0 aliphatic heterocycles. The maximum atomic E-state index is 13.2. The minimum Gasteiger partial charge on any atom is -0.351 e. The topological polar surface area (TPSA) is 101 Å². The molecule has 0 radical (unpaired) electrons. The molecule has 0 aliphatic rings. The Labute approximate surface area is 241 Å². The van der Waals surface area contributed by atoms with Crippen LogP contribution in [0.3, 0.4) is 0 Å². The van der Waals surface area contributed by atoms with Gasteiger partial charge >= 0.3 is 0 Å². The second-order valence-corrected chi connectivity index (χ2v) is 10.8. The molecule has 41 heavy (non-hydrogen) atoms. The number of nitrogens with one attached hydrogen (secondary N) is 2. The molecule has 1 unspecified atom stereocenters. The molecule has 3 aromatic carbocycles. The molecule has 0 aliphatic carbocycles. The highest BCUT2D eigenvalue weighted by Gasteiger charge is 2.23. The third-order valence-electron chi connectivity index (χ3n) is 6.87. The van der Waals surface area contributed by atoms with E-state index in [-0.39, 0.29) is 17.1 Å². The molecule has 0 saturated heterocycles. The van der Waals surface area contributed by atoms with Crippen molar-refractivity contribution < 1.29 is 9.59 Å².